The Morgan fingerprint density at radius 2 is 1.94 bits per heavy atom. The van der Waals surface area contributed by atoms with Crippen LogP contribution in [-0.4, -0.2) is 22.6 Å². The minimum atomic E-state index is 0.704. The first-order chi connectivity index (χ1) is 7.86. The highest BCUT2D eigenvalue weighted by Gasteiger charge is 2.24. The second kappa shape index (κ2) is 4.21. The van der Waals surface area contributed by atoms with Crippen molar-refractivity contribution in [1.82, 2.24) is 14.9 Å². The van der Waals surface area contributed by atoms with Gasteiger partial charge in [0.2, 0.25) is 0 Å². The molecule has 0 spiro atoms. The molecule has 1 aromatic heterocycles. The van der Waals surface area contributed by atoms with Crippen molar-refractivity contribution in [2.24, 2.45) is 0 Å². The van der Waals surface area contributed by atoms with Crippen LogP contribution >= 0.6 is 0 Å². The zero-order chi connectivity index (χ0) is 11.0. The smallest absolute Gasteiger partial charge is 0.106 e. The predicted octanol–water partition coefficient (Wildman–Crippen LogP) is 1.99. The van der Waals surface area contributed by atoms with Gasteiger partial charge in [0, 0.05) is 11.7 Å². The van der Waals surface area contributed by atoms with Crippen LogP contribution in [0.1, 0.15) is 48.9 Å². The first kappa shape index (κ1) is 10.3. The van der Waals surface area contributed by atoms with E-state index in [0.29, 0.717) is 6.04 Å². The Morgan fingerprint density at radius 1 is 1.19 bits per heavy atom. The highest BCUT2D eigenvalue weighted by atomic mass is 15.1. The van der Waals surface area contributed by atoms with Crippen LogP contribution in [-0.2, 0) is 12.8 Å². The lowest BCUT2D eigenvalue weighted by Gasteiger charge is -2.27. The van der Waals surface area contributed by atoms with Crippen LogP contribution in [0.4, 0.5) is 0 Å². The number of hydrogen-bond donors (Lipinski definition) is 1. The van der Waals surface area contributed by atoms with E-state index in [1.807, 2.05) is 0 Å². The molecule has 3 heteroatoms. The van der Waals surface area contributed by atoms with Gasteiger partial charge in [-0.3, -0.25) is 0 Å². The Morgan fingerprint density at radius 3 is 2.75 bits per heavy atom. The molecule has 16 heavy (non-hydrogen) atoms. The van der Waals surface area contributed by atoms with Gasteiger partial charge < -0.3 is 9.88 Å². The first-order valence-corrected chi connectivity index (χ1v) is 6.63. The van der Waals surface area contributed by atoms with Gasteiger partial charge in [0.1, 0.15) is 5.82 Å². The number of fused-ring (bicyclic) bond motifs is 1. The molecule has 0 aromatic carbocycles. The molecular formula is C13H21N3. The molecule has 0 atom stereocenters. The number of hydrogen-bond acceptors (Lipinski definition) is 2. The van der Waals surface area contributed by atoms with Gasteiger partial charge in [-0.1, -0.05) is 0 Å². The van der Waals surface area contributed by atoms with E-state index in [2.05, 4.69) is 16.8 Å². The maximum Gasteiger partial charge on any atom is 0.106 e. The number of rotatable bonds is 1. The van der Waals surface area contributed by atoms with Crippen molar-refractivity contribution in [1.29, 1.82) is 0 Å². The van der Waals surface area contributed by atoms with Crippen LogP contribution in [0.15, 0.2) is 0 Å². The number of aryl methyl sites for hydroxylation is 2. The molecule has 88 valence electrons. The molecule has 1 aromatic rings. The summed E-state index contributed by atoms with van der Waals surface area (Å²) < 4.78 is 2.55. The van der Waals surface area contributed by atoms with Gasteiger partial charge in [0.15, 0.2) is 0 Å². The maximum absolute atomic E-state index is 4.77. The minimum absolute atomic E-state index is 0.704. The second-order valence-electron chi connectivity index (χ2n) is 5.11. The third kappa shape index (κ3) is 1.67. The molecule has 0 bridgehead atoms. The molecule has 1 fully saturated rings. The van der Waals surface area contributed by atoms with Gasteiger partial charge in [-0.2, -0.15) is 0 Å². The third-order valence-corrected chi connectivity index (χ3v) is 4.02. The molecule has 0 saturated carbocycles. The average molecular weight is 219 g/mol. The highest BCUT2D eigenvalue weighted by molar-refractivity contribution is 5.21. The van der Waals surface area contributed by atoms with E-state index >= 15 is 0 Å². The molecular weight excluding hydrogens is 198 g/mol. The van der Waals surface area contributed by atoms with E-state index in [1.165, 1.54) is 50.0 Å². The fourth-order valence-electron chi connectivity index (χ4n) is 3.25. The summed E-state index contributed by atoms with van der Waals surface area (Å²) in [7, 11) is 0. The van der Waals surface area contributed by atoms with Crippen LogP contribution in [0.3, 0.4) is 0 Å². The summed E-state index contributed by atoms with van der Waals surface area (Å²) in [6, 6.07) is 0.704. The minimum Gasteiger partial charge on any atom is -0.329 e. The van der Waals surface area contributed by atoms with Gasteiger partial charge in [-0.25, -0.2) is 4.98 Å². The molecule has 2 aliphatic rings. The Hall–Kier alpha value is -0.830. The van der Waals surface area contributed by atoms with E-state index in [-0.39, 0.29) is 0 Å². The molecule has 1 N–H and O–H groups in total. The second-order valence-corrected chi connectivity index (χ2v) is 5.11. The largest absolute Gasteiger partial charge is 0.329 e. The lowest BCUT2D eigenvalue weighted by atomic mass is 9.99. The summed E-state index contributed by atoms with van der Waals surface area (Å²) in [6.45, 7) is 4.51. The Balaban J connectivity index is 1.95. The summed E-state index contributed by atoms with van der Waals surface area (Å²) in [5.41, 5.74) is 2.94. The standard InChI is InChI=1S/C13H21N3/c1-10-15-12-4-2-3-5-13(12)16(10)11-6-8-14-9-7-11/h11,14H,2-9H2,1H3. The lowest BCUT2D eigenvalue weighted by molar-refractivity contribution is 0.353. The maximum atomic E-state index is 4.77. The van der Waals surface area contributed by atoms with E-state index in [0.717, 1.165) is 13.1 Å². The quantitative estimate of drug-likeness (QED) is 0.783. The Kier molecular flexibility index (Phi) is 2.72. The average Bonchev–Trinajstić information content (AvgIpc) is 2.66. The Bertz CT molecular complexity index is 375. The van der Waals surface area contributed by atoms with E-state index in [9.17, 15) is 0 Å². The van der Waals surface area contributed by atoms with Crippen molar-refractivity contribution in [2.45, 2.75) is 51.5 Å². The fourth-order valence-corrected chi connectivity index (χ4v) is 3.25. The van der Waals surface area contributed by atoms with Crippen LogP contribution in [0.2, 0.25) is 0 Å². The Labute approximate surface area is 97.3 Å². The number of aromatic nitrogens is 2. The lowest BCUT2D eigenvalue weighted by Crippen LogP contribution is -2.30. The van der Waals surface area contributed by atoms with Crippen molar-refractivity contribution >= 4 is 0 Å². The topological polar surface area (TPSA) is 29.9 Å². The van der Waals surface area contributed by atoms with Crippen LogP contribution in [0, 0.1) is 6.92 Å². The summed E-state index contributed by atoms with van der Waals surface area (Å²) in [4.78, 5) is 4.77. The third-order valence-electron chi connectivity index (χ3n) is 4.02. The summed E-state index contributed by atoms with van der Waals surface area (Å²) in [5, 5.41) is 3.44. The SMILES string of the molecule is Cc1nc2c(n1C1CCNCC1)CCCC2. The monoisotopic (exact) mass is 219 g/mol. The van der Waals surface area contributed by atoms with Crippen molar-refractivity contribution in [3.8, 4) is 0 Å². The molecule has 3 nitrogen and oxygen atoms in total. The van der Waals surface area contributed by atoms with Crippen molar-refractivity contribution in [3.63, 3.8) is 0 Å². The molecule has 1 aliphatic carbocycles. The van der Waals surface area contributed by atoms with Gasteiger partial charge >= 0.3 is 0 Å². The summed E-state index contributed by atoms with van der Waals surface area (Å²) in [5.74, 6) is 1.25. The number of nitrogens with zero attached hydrogens (tertiary/aromatic N) is 2. The normalized spacial score (nSPS) is 22.1. The highest BCUT2D eigenvalue weighted by Crippen LogP contribution is 2.29. The van der Waals surface area contributed by atoms with Gasteiger partial charge in [-0.05, 0) is 58.5 Å². The molecule has 1 aliphatic heterocycles. The fraction of sp³-hybridized carbons (Fsp3) is 0.769. The van der Waals surface area contributed by atoms with E-state index in [1.54, 1.807) is 5.69 Å². The van der Waals surface area contributed by atoms with Gasteiger partial charge in [0.25, 0.3) is 0 Å². The summed E-state index contributed by atoms with van der Waals surface area (Å²) in [6.07, 6.45) is 7.67. The predicted molar refractivity (Wildman–Crippen MR) is 64.7 cm³/mol. The number of imidazole rings is 1. The molecule has 0 radical (unpaired) electrons. The van der Waals surface area contributed by atoms with Crippen LogP contribution in [0.25, 0.3) is 0 Å². The van der Waals surface area contributed by atoms with Crippen molar-refractivity contribution < 1.29 is 0 Å². The zero-order valence-electron chi connectivity index (χ0n) is 10.1. The molecule has 0 amide bonds. The van der Waals surface area contributed by atoms with Crippen LogP contribution < -0.4 is 5.32 Å². The van der Waals surface area contributed by atoms with Crippen molar-refractivity contribution in [2.75, 3.05) is 13.1 Å². The molecule has 2 heterocycles. The van der Waals surface area contributed by atoms with E-state index < -0.39 is 0 Å². The zero-order valence-corrected chi connectivity index (χ0v) is 10.1. The molecule has 3 rings (SSSR count). The van der Waals surface area contributed by atoms with Crippen LogP contribution in [0.5, 0.6) is 0 Å². The molecule has 0 unspecified atom stereocenters. The van der Waals surface area contributed by atoms with Gasteiger partial charge in [0.05, 0.1) is 5.69 Å². The van der Waals surface area contributed by atoms with Gasteiger partial charge in [-0.15, -0.1) is 0 Å². The number of piperidine rings is 1. The first-order valence-electron chi connectivity index (χ1n) is 6.63. The molecule has 1 saturated heterocycles. The summed E-state index contributed by atoms with van der Waals surface area (Å²) >= 11 is 0. The number of nitrogens with one attached hydrogen (secondary N) is 1. The van der Waals surface area contributed by atoms with E-state index in [4.69, 9.17) is 4.98 Å². The van der Waals surface area contributed by atoms with Crippen molar-refractivity contribution in [3.05, 3.63) is 17.2 Å².